The largest absolute Gasteiger partial charge is 0.486 e. The first-order chi connectivity index (χ1) is 13.7. The van der Waals surface area contributed by atoms with Gasteiger partial charge in [-0.05, 0) is 53.4 Å². The first-order valence-corrected chi connectivity index (χ1v) is 9.69. The predicted octanol–water partition coefficient (Wildman–Crippen LogP) is 3.70. The number of thiophene rings is 1. The van der Waals surface area contributed by atoms with E-state index in [1.807, 2.05) is 29.6 Å². The Kier molecular flexibility index (Phi) is 5.25. The smallest absolute Gasteiger partial charge is 0.265 e. The summed E-state index contributed by atoms with van der Waals surface area (Å²) in [4.78, 5) is 25.1. The van der Waals surface area contributed by atoms with E-state index in [4.69, 9.17) is 9.47 Å². The van der Waals surface area contributed by atoms with Gasteiger partial charge in [-0.15, -0.1) is 11.3 Å². The molecule has 0 bridgehead atoms. The topological polar surface area (TPSA) is 76.7 Å². The van der Waals surface area contributed by atoms with Gasteiger partial charge < -0.3 is 20.1 Å². The van der Waals surface area contributed by atoms with Crippen molar-refractivity contribution in [3.05, 3.63) is 76.0 Å². The van der Waals surface area contributed by atoms with Crippen LogP contribution in [0.2, 0.25) is 0 Å². The Bertz CT molecular complexity index is 984. The molecule has 0 saturated carbocycles. The summed E-state index contributed by atoms with van der Waals surface area (Å²) in [5.74, 6) is 1.07. The maximum absolute atomic E-state index is 12.4. The highest BCUT2D eigenvalue weighted by molar-refractivity contribution is 7.12. The average molecular weight is 394 g/mol. The summed E-state index contributed by atoms with van der Waals surface area (Å²) < 4.78 is 11.0. The third-order valence-electron chi connectivity index (χ3n) is 4.21. The number of amides is 2. The molecule has 0 atom stereocenters. The first-order valence-electron chi connectivity index (χ1n) is 8.81. The monoisotopic (exact) mass is 394 g/mol. The molecule has 28 heavy (non-hydrogen) atoms. The van der Waals surface area contributed by atoms with Crippen LogP contribution in [-0.2, 0) is 6.54 Å². The molecule has 2 amide bonds. The lowest BCUT2D eigenvalue weighted by atomic mass is 10.1. The highest BCUT2D eigenvalue weighted by atomic mass is 32.1. The van der Waals surface area contributed by atoms with Crippen molar-refractivity contribution in [2.45, 2.75) is 6.54 Å². The minimum atomic E-state index is -0.189. The van der Waals surface area contributed by atoms with Gasteiger partial charge in [-0.2, -0.15) is 0 Å². The highest BCUT2D eigenvalue weighted by Crippen LogP contribution is 2.30. The van der Waals surface area contributed by atoms with Crippen molar-refractivity contribution in [3.63, 3.8) is 0 Å². The van der Waals surface area contributed by atoms with Crippen LogP contribution in [0, 0.1) is 0 Å². The van der Waals surface area contributed by atoms with E-state index >= 15 is 0 Å². The molecule has 1 aliphatic heterocycles. The molecular weight excluding hydrogens is 376 g/mol. The van der Waals surface area contributed by atoms with Gasteiger partial charge in [0.25, 0.3) is 11.8 Å². The minimum absolute atomic E-state index is 0.161. The van der Waals surface area contributed by atoms with Crippen molar-refractivity contribution in [2.24, 2.45) is 0 Å². The van der Waals surface area contributed by atoms with E-state index in [0.29, 0.717) is 41.6 Å². The number of nitrogens with one attached hydrogen (secondary N) is 2. The number of carbonyl (C=O) groups excluding carboxylic acids is 2. The molecule has 0 radical (unpaired) electrons. The van der Waals surface area contributed by atoms with Crippen molar-refractivity contribution in [1.82, 2.24) is 5.32 Å². The van der Waals surface area contributed by atoms with Crippen LogP contribution in [0.15, 0.2) is 60.0 Å². The Balaban J connectivity index is 1.34. The van der Waals surface area contributed by atoms with E-state index < -0.39 is 0 Å². The van der Waals surface area contributed by atoms with Gasteiger partial charge in [0.15, 0.2) is 11.5 Å². The van der Waals surface area contributed by atoms with Crippen molar-refractivity contribution < 1.29 is 19.1 Å². The Labute approximate surface area is 166 Å². The standard InChI is InChI=1S/C21H18N2O4S/c24-20(22-13-14-3-8-17-18(12-14)27-10-9-26-17)15-4-6-16(7-5-15)23-21(25)19-2-1-11-28-19/h1-8,11-12H,9-10,13H2,(H,22,24)(H,23,25). The zero-order valence-electron chi connectivity index (χ0n) is 14.9. The molecule has 1 aromatic heterocycles. The molecule has 0 fully saturated rings. The second-order valence-electron chi connectivity index (χ2n) is 6.17. The average Bonchev–Trinajstić information content (AvgIpc) is 3.27. The number of fused-ring (bicyclic) bond motifs is 1. The van der Waals surface area contributed by atoms with Gasteiger partial charge in [0.1, 0.15) is 13.2 Å². The fraction of sp³-hybridized carbons (Fsp3) is 0.143. The van der Waals surface area contributed by atoms with E-state index in [9.17, 15) is 9.59 Å². The predicted molar refractivity (Wildman–Crippen MR) is 107 cm³/mol. The number of ether oxygens (including phenoxy) is 2. The van der Waals surface area contributed by atoms with Gasteiger partial charge in [-0.3, -0.25) is 9.59 Å². The zero-order chi connectivity index (χ0) is 19.3. The van der Waals surface area contributed by atoms with Crippen LogP contribution in [0.4, 0.5) is 5.69 Å². The number of benzene rings is 2. The normalized spacial score (nSPS) is 12.3. The van der Waals surface area contributed by atoms with Gasteiger partial charge in [0.05, 0.1) is 4.88 Å². The van der Waals surface area contributed by atoms with Crippen LogP contribution in [-0.4, -0.2) is 25.0 Å². The second-order valence-corrected chi connectivity index (χ2v) is 7.12. The van der Waals surface area contributed by atoms with E-state index in [1.54, 1.807) is 30.3 Å². The molecule has 1 aliphatic rings. The Morgan fingerprint density at radius 3 is 2.46 bits per heavy atom. The lowest BCUT2D eigenvalue weighted by Gasteiger charge is -2.19. The van der Waals surface area contributed by atoms with Crippen molar-refractivity contribution in [3.8, 4) is 11.5 Å². The van der Waals surface area contributed by atoms with Crippen molar-refractivity contribution in [1.29, 1.82) is 0 Å². The summed E-state index contributed by atoms with van der Waals surface area (Å²) in [6, 6.07) is 16.0. The summed E-state index contributed by atoms with van der Waals surface area (Å²) in [5, 5.41) is 7.55. The molecule has 7 heteroatoms. The second kappa shape index (κ2) is 8.14. The summed E-state index contributed by atoms with van der Waals surface area (Å²) in [6.07, 6.45) is 0. The number of carbonyl (C=O) groups is 2. The number of hydrogen-bond donors (Lipinski definition) is 2. The lowest BCUT2D eigenvalue weighted by molar-refractivity contribution is 0.0950. The molecule has 6 nitrogen and oxygen atoms in total. The van der Waals surface area contributed by atoms with Gasteiger partial charge in [-0.1, -0.05) is 12.1 Å². The summed E-state index contributed by atoms with van der Waals surface area (Å²) in [6.45, 7) is 1.46. The molecule has 2 heterocycles. The molecule has 142 valence electrons. The number of anilines is 1. The zero-order valence-corrected chi connectivity index (χ0v) is 15.8. The Morgan fingerprint density at radius 1 is 0.929 bits per heavy atom. The summed E-state index contributed by atoms with van der Waals surface area (Å²) in [5.41, 5.74) is 2.09. The first kappa shape index (κ1) is 18.1. The third-order valence-corrected chi connectivity index (χ3v) is 5.08. The Morgan fingerprint density at radius 2 is 1.71 bits per heavy atom. The minimum Gasteiger partial charge on any atom is -0.486 e. The maximum atomic E-state index is 12.4. The molecule has 4 rings (SSSR count). The molecular formula is C21H18N2O4S. The molecule has 0 spiro atoms. The Hall–Kier alpha value is -3.32. The van der Waals surface area contributed by atoms with E-state index in [2.05, 4.69) is 10.6 Å². The fourth-order valence-corrected chi connectivity index (χ4v) is 3.41. The third kappa shape index (κ3) is 4.15. The molecule has 0 aliphatic carbocycles. The molecule has 2 aromatic carbocycles. The van der Waals surface area contributed by atoms with Gasteiger partial charge in [0, 0.05) is 17.8 Å². The fourth-order valence-electron chi connectivity index (χ4n) is 2.79. The molecule has 0 saturated heterocycles. The number of hydrogen-bond acceptors (Lipinski definition) is 5. The molecule has 3 aromatic rings. The summed E-state index contributed by atoms with van der Waals surface area (Å²) in [7, 11) is 0. The van der Waals surface area contributed by atoms with Crippen LogP contribution in [0.3, 0.4) is 0 Å². The molecule has 0 unspecified atom stereocenters. The summed E-state index contributed by atoms with van der Waals surface area (Å²) >= 11 is 1.38. The SMILES string of the molecule is O=C(NCc1ccc2c(c1)OCCO2)c1ccc(NC(=O)c2cccs2)cc1. The van der Waals surface area contributed by atoms with Crippen LogP contribution in [0.1, 0.15) is 25.6 Å². The number of rotatable bonds is 5. The van der Waals surface area contributed by atoms with Crippen LogP contribution >= 0.6 is 11.3 Å². The van der Waals surface area contributed by atoms with Crippen LogP contribution < -0.4 is 20.1 Å². The van der Waals surface area contributed by atoms with Gasteiger partial charge >= 0.3 is 0 Å². The maximum Gasteiger partial charge on any atom is 0.265 e. The van der Waals surface area contributed by atoms with E-state index in [0.717, 1.165) is 11.3 Å². The van der Waals surface area contributed by atoms with E-state index in [1.165, 1.54) is 11.3 Å². The van der Waals surface area contributed by atoms with Gasteiger partial charge in [-0.25, -0.2) is 0 Å². The molecule has 2 N–H and O–H groups in total. The lowest BCUT2D eigenvalue weighted by Crippen LogP contribution is -2.23. The quantitative estimate of drug-likeness (QED) is 0.692. The van der Waals surface area contributed by atoms with Gasteiger partial charge in [0.2, 0.25) is 0 Å². The van der Waals surface area contributed by atoms with Crippen LogP contribution in [0.25, 0.3) is 0 Å². The van der Waals surface area contributed by atoms with E-state index in [-0.39, 0.29) is 11.8 Å². The van der Waals surface area contributed by atoms with Crippen molar-refractivity contribution >= 4 is 28.8 Å². The van der Waals surface area contributed by atoms with Crippen molar-refractivity contribution in [2.75, 3.05) is 18.5 Å². The highest BCUT2D eigenvalue weighted by Gasteiger charge is 2.13. The van der Waals surface area contributed by atoms with Crippen LogP contribution in [0.5, 0.6) is 11.5 Å².